The zero-order valence-electron chi connectivity index (χ0n) is 28.9. The molecule has 254 valence electrons. The number of aromatic nitrogens is 2. The molecule has 9 rings (SSSR count). The van der Waals surface area contributed by atoms with Crippen molar-refractivity contribution in [3.05, 3.63) is 194 Å². The molecule has 0 spiro atoms. The predicted molar refractivity (Wildman–Crippen MR) is 216 cm³/mol. The van der Waals surface area contributed by atoms with Crippen molar-refractivity contribution in [3.8, 4) is 77.9 Å². The van der Waals surface area contributed by atoms with Crippen molar-refractivity contribution < 1.29 is 8.42 Å². The number of pyridine rings is 2. The minimum Gasteiger partial charge on any atom is -0.264 e. The first-order chi connectivity index (χ1) is 26.0. The zero-order chi connectivity index (χ0) is 35.8. The van der Waals surface area contributed by atoms with E-state index in [1.54, 1.807) is 12.4 Å². The summed E-state index contributed by atoms with van der Waals surface area (Å²) in [7, 11) is -3.39. The van der Waals surface area contributed by atoms with E-state index >= 15 is 0 Å². The van der Waals surface area contributed by atoms with Crippen LogP contribution in [0.3, 0.4) is 0 Å². The van der Waals surface area contributed by atoms with E-state index in [1.807, 2.05) is 54.9 Å². The van der Waals surface area contributed by atoms with Gasteiger partial charge in [-0.3, -0.25) is 9.97 Å². The Morgan fingerprint density at radius 2 is 0.698 bits per heavy atom. The predicted octanol–water partition coefficient (Wildman–Crippen LogP) is 11.6. The van der Waals surface area contributed by atoms with Gasteiger partial charge in [-0.1, -0.05) is 97.1 Å². The molecule has 0 fully saturated rings. The van der Waals surface area contributed by atoms with E-state index < -0.39 is 9.84 Å². The second-order valence-corrected chi connectivity index (χ2v) is 15.7. The van der Waals surface area contributed by atoms with Crippen LogP contribution in [-0.2, 0) is 21.3 Å². The van der Waals surface area contributed by atoms with Crippen LogP contribution in [0.1, 0.15) is 11.1 Å². The fraction of sp³-hybridized carbons (Fsp3) is 0.0417. The molecule has 0 radical (unpaired) electrons. The van der Waals surface area contributed by atoms with Crippen molar-refractivity contribution in [3.63, 3.8) is 0 Å². The highest BCUT2D eigenvalue weighted by Crippen LogP contribution is 2.41. The topological polar surface area (TPSA) is 59.9 Å². The Morgan fingerprint density at radius 3 is 1.08 bits per heavy atom. The van der Waals surface area contributed by atoms with E-state index in [0.717, 1.165) is 89.0 Å². The number of benzene rings is 6. The molecule has 3 heterocycles. The van der Waals surface area contributed by atoms with Crippen LogP contribution in [-0.4, -0.2) is 18.4 Å². The monoisotopic (exact) mass is 702 g/mol. The molecular weight excluding hydrogens is 669 g/mol. The molecule has 0 saturated heterocycles. The van der Waals surface area contributed by atoms with Gasteiger partial charge in [0.25, 0.3) is 0 Å². The zero-order valence-corrected chi connectivity index (χ0v) is 29.7. The summed E-state index contributed by atoms with van der Waals surface area (Å²) in [5.74, 6) is -0.0153. The molecule has 6 aromatic carbocycles. The third-order valence-corrected chi connectivity index (χ3v) is 11.5. The van der Waals surface area contributed by atoms with Gasteiger partial charge >= 0.3 is 0 Å². The van der Waals surface area contributed by atoms with Crippen molar-refractivity contribution in [2.24, 2.45) is 0 Å². The normalized spacial score (nSPS) is 13.1. The number of rotatable bonds is 6. The fourth-order valence-electron chi connectivity index (χ4n) is 7.37. The third kappa shape index (κ3) is 6.71. The van der Waals surface area contributed by atoms with Gasteiger partial charge in [0.05, 0.1) is 11.5 Å². The molecule has 8 aromatic rings. The maximum atomic E-state index is 13.5. The third-order valence-electron chi connectivity index (χ3n) is 10.00. The van der Waals surface area contributed by atoms with Gasteiger partial charge < -0.3 is 0 Å². The van der Waals surface area contributed by atoms with Gasteiger partial charge in [-0.2, -0.15) is 0 Å². The van der Waals surface area contributed by atoms with E-state index in [1.165, 1.54) is 0 Å². The Balaban J connectivity index is 1.21. The molecule has 1 aliphatic heterocycles. The van der Waals surface area contributed by atoms with Crippen LogP contribution in [0, 0.1) is 0 Å². The van der Waals surface area contributed by atoms with Crippen molar-refractivity contribution in [2.75, 3.05) is 0 Å². The standard InChI is InChI=1S/C48H34N2O2S/c51-53(52)31-39-17-15-35(43-22-41(33-9-3-1-4-10-33)21-42(23-43)34-11-5-2-6-12-34)27-47(39)48-28-36(16-18-40(48)32-53)44-24-45(37-13-7-19-49-29-37)26-46(25-44)38-14-8-20-50-30-38/h1-30H,31-32H2. The second kappa shape index (κ2) is 13.6. The lowest BCUT2D eigenvalue weighted by Gasteiger charge is -2.16. The van der Waals surface area contributed by atoms with Gasteiger partial charge in [0.1, 0.15) is 0 Å². The van der Waals surface area contributed by atoms with E-state index in [2.05, 4.69) is 125 Å². The molecule has 4 nitrogen and oxygen atoms in total. The summed E-state index contributed by atoms with van der Waals surface area (Å²) in [5, 5.41) is 0. The van der Waals surface area contributed by atoms with Crippen LogP contribution < -0.4 is 0 Å². The fourth-order valence-corrected chi connectivity index (χ4v) is 8.93. The van der Waals surface area contributed by atoms with Crippen LogP contribution in [0.4, 0.5) is 0 Å². The Kier molecular flexibility index (Phi) is 8.34. The highest BCUT2D eigenvalue weighted by Gasteiger charge is 2.25. The molecule has 53 heavy (non-hydrogen) atoms. The van der Waals surface area contributed by atoms with Crippen molar-refractivity contribution >= 4 is 9.84 Å². The summed E-state index contributed by atoms with van der Waals surface area (Å²) in [6.07, 6.45) is 7.31. The first-order valence-corrected chi connectivity index (χ1v) is 19.5. The summed E-state index contributed by atoms with van der Waals surface area (Å²) >= 11 is 0. The van der Waals surface area contributed by atoms with Crippen LogP contribution in [0.25, 0.3) is 77.9 Å². The average molecular weight is 703 g/mol. The van der Waals surface area contributed by atoms with Crippen molar-refractivity contribution in [2.45, 2.75) is 11.5 Å². The molecule has 0 unspecified atom stereocenters. The number of hydrogen-bond acceptors (Lipinski definition) is 4. The molecule has 0 aliphatic carbocycles. The lowest BCUT2D eigenvalue weighted by molar-refractivity contribution is 0.595. The highest BCUT2D eigenvalue weighted by molar-refractivity contribution is 7.89. The molecular formula is C48H34N2O2S. The van der Waals surface area contributed by atoms with Gasteiger partial charge in [0.2, 0.25) is 0 Å². The van der Waals surface area contributed by atoms with Crippen molar-refractivity contribution in [1.82, 2.24) is 9.97 Å². The summed E-state index contributed by atoms with van der Waals surface area (Å²) in [5.41, 5.74) is 16.3. The first-order valence-electron chi connectivity index (χ1n) is 17.7. The maximum Gasteiger partial charge on any atom is 0.158 e. The molecule has 0 N–H and O–H groups in total. The maximum absolute atomic E-state index is 13.5. The lowest BCUT2D eigenvalue weighted by atomic mass is 9.88. The minimum absolute atomic E-state index is 0.00635. The summed E-state index contributed by atoms with van der Waals surface area (Å²) < 4.78 is 27.0. The van der Waals surface area contributed by atoms with Crippen LogP contribution in [0.15, 0.2) is 183 Å². The van der Waals surface area contributed by atoms with Crippen molar-refractivity contribution in [1.29, 1.82) is 0 Å². The number of sulfone groups is 1. The van der Waals surface area contributed by atoms with Gasteiger partial charge in [-0.25, -0.2) is 8.42 Å². The molecule has 0 bridgehead atoms. The Morgan fingerprint density at radius 1 is 0.340 bits per heavy atom. The Hall–Kier alpha value is -6.43. The number of hydrogen-bond donors (Lipinski definition) is 0. The van der Waals surface area contributed by atoms with E-state index in [-0.39, 0.29) is 11.5 Å². The lowest BCUT2D eigenvalue weighted by Crippen LogP contribution is -2.05. The highest BCUT2D eigenvalue weighted by atomic mass is 32.2. The quantitative estimate of drug-likeness (QED) is 0.173. The van der Waals surface area contributed by atoms with Gasteiger partial charge in [0, 0.05) is 35.9 Å². The summed E-state index contributed by atoms with van der Waals surface area (Å²) in [6.45, 7) is 0. The largest absolute Gasteiger partial charge is 0.264 e. The second-order valence-electron chi connectivity index (χ2n) is 13.6. The molecule has 0 saturated carbocycles. The van der Waals surface area contributed by atoms with E-state index in [9.17, 15) is 8.42 Å². The van der Waals surface area contributed by atoms with E-state index in [4.69, 9.17) is 0 Å². The Labute approximate surface area is 310 Å². The van der Waals surface area contributed by atoms with Gasteiger partial charge in [-0.15, -0.1) is 0 Å². The first kappa shape index (κ1) is 32.5. The number of fused-ring (bicyclic) bond motifs is 3. The van der Waals surface area contributed by atoms with E-state index in [0.29, 0.717) is 0 Å². The molecule has 5 heteroatoms. The molecule has 0 atom stereocenters. The van der Waals surface area contributed by atoms with Crippen LogP contribution in [0.5, 0.6) is 0 Å². The molecule has 2 aromatic heterocycles. The average Bonchev–Trinajstić information content (AvgIpc) is 3.33. The van der Waals surface area contributed by atoms with Crippen LogP contribution >= 0.6 is 0 Å². The van der Waals surface area contributed by atoms with Gasteiger partial charge in [-0.05, 0) is 139 Å². The summed E-state index contributed by atoms with van der Waals surface area (Å²) in [6, 6.07) is 54.6. The minimum atomic E-state index is -3.39. The SMILES string of the molecule is O=S1(=O)Cc2ccc(-c3cc(-c4ccccc4)cc(-c4ccccc4)c3)cc2-c2cc(-c3cc(-c4cccnc4)cc(-c4cccnc4)c3)ccc2C1. The smallest absolute Gasteiger partial charge is 0.158 e. The van der Waals surface area contributed by atoms with Crippen LogP contribution in [0.2, 0.25) is 0 Å². The summed E-state index contributed by atoms with van der Waals surface area (Å²) in [4.78, 5) is 8.76. The number of nitrogens with zero attached hydrogens (tertiary/aromatic N) is 2. The molecule has 1 aliphatic rings. The molecule has 0 amide bonds. The Bertz CT molecular complexity index is 2410. The van der Waals surface area contributed by atoms with Gasteiger partial charge in [0.15, 0.2) is 9.84 Å².